The molecule has 0 heterocycles. The Morgan fingerprint density at radius 3 is 2.42 bits per heavy atom. The standard InChI is InChI=1S/C12H16BrCl2N3O/c1-12(2,11(16)18-19)3-4-17-10-8(14)5-7(13)6-9(10)15/h5-6,17,19H,3-4H2,1-2H3,(H2,16,18). The highest BCUT2D eigenvalue weighted by atomic mass is 79.9. The van der Waals surface area contributed by atoms with Crippen LogP contribution in [0.15, 0.2) is 21.8 Å². The van der Waals surface area contributed by atoms with Gasteiger partial charge in [0.15, 0.2) is 0 Å². The van der Waals surface area contributed by atoms with Crippen LogP contribution in [0.4, 0.5) is 5.69 Å². The van der Waals surface area contributed by atoms with Crippen molar-refractivity contribution >= 4 is 50.7 Å². The monoisotopic (exact) mass is 367 g/mol. The molecule has 0 aliphatic heterocycles. The summed E-state index contributed by atoms with van der Waals surface area (Å²) in [5.74, 6) is 0.197. The molecule has 0 atom stereocenters. The molecule has 7 heteroatoms. The van der Waals surface area contributed by atoms with Crippen molar-refractivity contribution in [2.75, 3.05) is 11.9 Å². The number of hydrogen-bond acceptors (Lipinski definition) is 3. The topological polar surface area (TPSA) is 70.6 Å². The number of nitrogens with zero attached hydrogens (tertiary/aromatic N) is 1. The minimum absolute atomic E-state index is 0.197. The van der Waals surface area contributed by atoms with Crippen molar-refractivity contribution in [2.45, 2.75) is 20.3 Å². The maximum Gasteiger partial charge on any atom is 0.144 e. The number of anilines is 1. The van der Waals surface area contributed by atoms with Gasteiger partial charge in [0.2, 0.25) is 0 Å². The molecule has 1 aromatic rings. The van der Waals surface area contributed by atoms with Gasteiger partial charge in [-0.05, 0) is 18.6 Å². The molecular weight excluding hydrogens is 353 g/mol. The molecule has 0 fully saturated rings. The number of amidine groups is 1. The molecule has 0 saturated carbocycles. The van der Waals surface area contributed by atoms with Crippen molar-refractivity contribution in [3.05, 3.63) is 26.7 Å². The molecule has 1 rings (SSSR count). The van der Waals surface area contributed by atoms with Crippen molar-refractivity contribution in [1.82, 2.24) is 0 Å². The smallest absolute Gasteiger partial charge is 0.144 e. The summed E-state index contributed by atoms with van der Waals surface area (Å²) in [5, 5.41) is 16.0. The van der Waals surface area contributed by atoms with E-state index in [-0.39, 0.29) is 5.84 Å². The summed E-state index contributed by atoms with van der Waals surface area (Å²) in [6.45, 7) is 4.40. The van der Waals surface area contributed by atoms with Gasteiger partial charge in [-0.3, -0.25) is 0 Å². The predicted octanol–water partition coefficient (Wildman–Crippen LogP) is 4.33. The molecule has 0 amide bonds. The number of oxime groups is 1. The third-order valence-corrected chi connectivity index (χ3v) is 3.91. The third kappa shape index (κ3) is 4.44. The molecular formula is C12H16BrCl2N3O. The fourth-order valence-corrected chi connectivity index (χ4v) is 2.82. The van der Waals surface area contributed by atoms with Crippen LogP contribution in [0, 0.1) is 5.41 Å². The quantitative estimate of drug-likeness (QED) is 0.313. The van der Waals surface area contributed by atoms with E-state index in [1.54, 1.807) is 12.1 Å². The first-order chi connectivity index (χ1) is 8.77. The molecule has 4 nitrogen and oxygen atoms in total. The van der Waals surface area contributed by atoms with E-state index in [0.29, 0.717) is 28.7 Å². The Kier molecular flexibility index (Phi) is 5.77. The van der Waals surface area contributed by atoms with Gasteiger partial charge < -0.3 is 16.3 Å². The molecule has 0 aromatic heterocycles. The minimum Gasteiger partial charge on any atom is -0.409 e. The van der Waals surface area contributed by atoms with Crippen LogP contribution in [0.3, 0.4) is 0 Å². The first-order valence-electron chi connectivity index (χ1n) is 5.64. The second-order valence-corrected chi connectivity index (χ2v) is 6.52. The van der Waals surface area contributed by atoms with Crippen LogP contribution in [-0.2, 0) is 0 Å². The van der Waals surface area contributed by atoms with E-state index >= 15 is 0 Å². The van der Waals surface area contributed by atoms with E-state index in [2.05, 4.69) is 26.4 Å². The lowest BCUT2D eigenvalue weighted by molar-refractivity contribution is 0.306. The first-order valence-corrected chi connectivity index (χ1v) is 7.19. The summed E-state index contributed by atoms with van der Waals surface area (Å²) in [4.78, 5) is 0. The highest BCUT2D eigenvalue weighted by molar-refractivity contribution is 9.10. The molecule has 4 N–H and O–H groups in total. The first kappa shape index (κ1) is 16.4. The van der Waals surface area contributed by atoms with Gasteiger partial charge in [-0.15, -0.1) is 0 Å². The van der Waals surface area contributed by atoms with Gasteiger partial charge in [0, 0.05) is 16.4 Å². The summed E-state index contributed by atoms with van der Waals surface area (Å²) >= 11 is 15.5. The van der Waals surface area contributed by atoms with E-state index in [1.165, 1.54) is 0 Å². The van der Waals surface area contributed by atoms with Crippen LogP contribution in [0.1, 0.15) is 20.3 Å². The molecule has 0 aliphatic rings. The minimum atomic E-state index is -0.407. The fraction of sp³-hybridized carbons (Fsp3) is 0.417. The Hall–Kier alpha value is -0.650. The Morgan fingerprint density at radius 1 is 1.42 bits per heavy atom. The Labute approximate surface area is 131 Å². The zero-order valence-corrected chi connectivity index (χ0v) is 13.8. The lowest BCUT2D eigenvalue weighted by Crippen LogP contribution is -2.33. The molecule has 0 unspecified atom stereocenters. The van der Waals surface area contributed by atoms with E-state index in [0.717, 1.165) is 4.47 Å². The van der Waals surface area contributed by atoms with Crippen molar-refractivity contribution < 1.29 is 5.21 Å². The Bertz CT molecular complexity index is 469. The molecule has 0 bridgehead atoms. The van der Waals surface area contributed by atoms with Crippen LogP contribution in [-0.4, -0.2) is 17.6 Å². The SMILES string of the molecule is CC(C)(CCNc1c(Cl)cc(Br)cc1Cl)C(N)=NO. The number of benzene rings is 1. The number of nitrogens with two attached hydrogens (primary N) is 1. The van der Waals surface area contributed by atoms with Crippen molar-refractivity contribution in [2.24, 2.45) is 16.3 Å². The number of rotatable bonds is 5. The van der Waals surface area contributed by atoms with Crippen LogP contribution < -0.4 is 11.1 Å². The number of hydrogen-bond donors (Lipinski definition) is 3. The van der Waals surface area contributed by atoms with Gasteiger partial charge in [0.05, 0.1) is 15.7 Å². The van der Waals surface area contributed by atoms with Crippen LogP contribution in [0.5, 0.6) is 0 Å². The van der Waals surface area contributed by atoms with E-state index in [9.17, 15) is 0 Å². The summed E-state index contributed by atoms with van der Waals surface area (Å²) in [6, 6.07) is 3.54. The van der Waals surface area contributed by atoms with Crippen LogP contribution in [0.2, 0.25) is 10.0 Å². The normalized spacial score (nSPS) is 12.6. The summed E-state index contributed by atoms with van der Waals surface area (Å²) in [7, 11) is 0. The van der Waals surface area contributed by atoms with E-state index in [4.69, 9.17) is 34.1 Å². The van der Waals surface area contributed by atoms with Gasteiger partial charge in [-0.1, -0.05) is 58.1 Å². The van der Waals surface area contributed by atoms with Gasteiger partial charge in [0.1, 0.15) is 5.84 Å². The predicted molar refractivity (Wildman–Crippen MR) is 84.5 cm³/mol. The zero-order chi connectivity index (χ0) is 14.6. The highest BCUT2D eigenvalue weighted by Crippen LogP contribution is 2.34. The molecule has 0 radical (unpaired) electrons. The van der Waals surface area contributed by atoms with Gasteiger partial charge >= 0.3 is 0 Å². The van der Waals surface area contributed by atoms with Gasteiger partial charge in [-0.25, -0.2) is 0 Å². The third-order valence-electron chi connectivity index (χ3n) is 2.86. The van der Waals surface area contributed by atoms with Crippen molar-refractivity contribution in [1.29, 1.82) is 0 Å². The molecule has 106 valence electrons. The molecule has 0 aliphatic carbocycles. The maximum atomic E-state index is 8.70. The number of nitrogens with one attached hydrogen (secondary N) is 1. The summed E-state index contributed by atoms with van der Waals surface area (Å²) in [5.41, 5.74) is 5.90. The van der Waals surface area contributed by atoms with Crippen molar-refractivity contribution in [3.8, 4) is 0 Å². The molecule has 19 heavy (non-hydrogen) atoms. The van der Waals surface area contributed by atoms with Gasteiger partial charge in [0.25, 0.3) is 0 Å². The second kappa shape index (κ2) is 6.68. The maximum absolute atomic E-state index is 8.70. The molecule has 0 spiro atoms. The summed E-state index contributed by atoms with van der Waals surface area (Å²) < 4.78 is 0.824. The van der Waals surface area contributed by atoms with Crippen LogP contribution >= 0.6 is 39.1 Å². The number of halogens is 3. The second-order valence-electron chi connectivity index (χ2n) is 4.79. The lowest BCUT2D eigenvalue weighted by Gasteiger charge is -2.23. The highest BCUT2D eigenvalue weighted by Gasteiger charge is 2.23. The Morgan fingerprint density at radius 2 is 1.95 bits per heavy atom. The molecule has 1 aromatic carbocycles. The largest absolute Gasteiger partial charge is 0.409 e. The van der Waals surface area contributed by atoms with Crippen molar-refractivity contribution in [3.63, 3.8) is 0 Å². The average Bonchev–Trinajstić information content (AvgIpc) is 2.31. The zero-order valence-electron chi connectivity index (χ0n) is 10.7. The van der Waals surface area contributed by atoms with E-state index in [1.807, 2.05) is 13.8 Å². The van der Waals surface area contributed by atoms with Gasteiger partial charge in [-0.2, -0.15) is 0 Å². The summed E-state index contributed by atoms with van der Waals surface area (Å²) in [6.07, 6.45) is 0.672. The fourth-order valence-electron chi connectivity index (χ4n) is 1.47. The van der Waals surface area contributed by atoms with E-state index < -0.39 is 5.41 Å². The lowest BCUT2D eigenvalue weighted by atomic mass is 9.88. The van der Waals surface area contributed by atoms with Crippen LogP contribution in [0.25, 0.3) is 0 Å². The molecule has 0 saturated heterocycles. The average molecular weight is 369 g/mol. The Balaban J connectivity index is 2.69.